The average molecular weight is 1860 g/mol. The van der Waals surface area contributed by atoms with E-state index in [-0.39, 0.29) is 205 Å². The minimum atomic E-state index is -4.15. The summed E-state index contributed by atoms with van der Waals surface area (Å²) in [5.74, 6) is -4.81. The molecule has 10 rings (SSSR count). The van der Waals surface area contributed by atoms with Crippen LogP contribution in [0.5, 0.6) is 0 Å². The number of amides is 10. The maximum Gasteiger partial charge on any atom is 0.407 e. The highest BCUT2D eigenvalue weighted by atomic mass is 32.2. The van der Waals surface area contributed by atoms with E-state index < -0.39 is 124 Å². The van der Waals surface area contributed by atoms with Crippen LogP contribution in [0.2, 0.25) is 0 Å². The van der Waals surface area contributed by atoms with Crippen LogP contribution in [0.1, 0.15) is 123 Å². The van der Waals surface area contributed by atoms with Crippen molar-refractivity contribution in [2.75, 3.05) is 161 Å². The zero-order valence-electron chi connectivity index (χ0n) is 75.1. The van der Waals surface area contributed by atoms with Gasteiger partial charge in [-0.05, 0) is 104 Å². The molecule has 720 valence electrons. The first kappa shape index (κ1) is 103. The molecule has 3 heterocycles. The molecule has 0 spiro atoms. The Morgan fingerprint density at radius 1 is 0.679 bits per heavy atom. The number of anilines is 2. The van der Waals surface area contributed by atoms with Gasteiger partial charge in [0.25, 0.3) is 10.1 Å². The number of Topliss-reactive ketones (excluding diaryl/α,β-unsaturated/α-hetero) is 1. The van der Waals surface area contributed by atoms with Crippen molar-refractivity contribution in [2.45, 2.75) is 168 Å². The number of aliphatic hydroxyl groups excluding tert-OH is 1. The Balaban J connectivity index is 0.547. The van der Waals surface area contributed by atoms with Gasteiger partial charge in [-0.25, -0.2) is 14.3 Å². The number of fused-ring (bicyclic) bond motifs is 12. The smallest absolute Gasteiger partial charge is 0.407 e. The van der Waals surface area contributed by atoms with Crippen LogP contribution in [-0.4, -0.2) is 285 Å². The van der Waals surface area contributed by atoms with Gasteiger partial charge in [0.15, 0.2) is 23.5 Å². The molecular formula is C90H127N13O27S. The number of nitrogens with zero attached hydrogens (tertiary/aromatic N) is 4. The molecule has 1 aromatic heterocycles. The first-order valence-electron chi connectivity index (χ1n) is 44.8. The molecule has 131 heavy (non-hydrogen) atoms. The number of rotatable bonds is 57. The number of benzene rings is 3. The van der Waals surface area contributed by atoms with Gasteiger partial charge >= 0.3 is 12.1 Å². The number of allylic oxidation sites excluding steroid dienone is 4. The van der Waals surface area contributed by atoms with Gasteiger partial charge in [-0.15, -0.1) is 5.10 Å². The second-order valence-corrected chi connectivity index (χ2v) is 35.2. The van der Waals surface area contributed by atoms with E-state index in [1.54, 1.807) is 59.8 Å². The highest BCUT2D eigenvalue weighted by Gasteiger charge is 2.76. The number of ether oxygens (including phenoxy) is 12. The predicted octanol–water partition coefficient (Wildman–Crippen LogP) is 4.04. The van der Waals surface area contributed by atoms with Crippen LogP contribution in [0.15, 0.2) is 96.6 Å². The third-order valence-electron chi connectivity index (χ3n) is 24.2. The monoisotopic (exact) mass is 1850 g/mol. The van der Waals surface area contributed by atoms with E-state index in [9.17, 15) is 66.3 Å². The lowest BCUT2D eigenvalue weighted by Crippen LogP contribution is -2.63. The summed E-state index contributed by atoms with van der Waals surface area (Å²) >= 11 is 0. The Kier molecular flexibility index (Phi) is 40.3. The number of nitrogens with one attached hydrogen (secondary N) is 8. The Morgan fingerprint density at radius 2 is 1.31 bits per heavy atom. The number of urea groups is 1. The summed E-state index contributed by atoms with van der Waals surface area (Å²) in [6.45, 7) is 12.6. The summed E-state index contributed by atoms with van der Waals surface area (Å²) in [4.78, 5) is 146. The third kappa shape index (κ3) is 29.7. The topological polar surface area (TPSA) is 529 Å². The van der Waals surface area contributed by atoms with Crippen molar-refractivity contribution >= 4 is 86.5 Å². The number of alkyl carbamates (subject to hydrolysis) is 1. The number of hydrogen-bond acceptors (Lipinski definition) is 28. The standard InChI is InChI=1S/C90H127N13O27S/c1-6-12-79-129-73-52-68-66-23-20-62-51-64(104)26-29-88(62,4)80(66)71(105)53-89(68,5)90(73,130-79)72(106)57-127-58-96-77(110)54-95-87(115)128-56-60-18-21-63(22-19-60)97-84(112)69(16-11-30-94-86(91)114)98-85(113)81(59(2)3)99-76(109)28-35-120-39-43-124-46-48-125-44-40-121-36-31-92-74(107)24-25-78(111)102-55-61-13-7-8-14-65(61)82-83(67-15-9-10-17-70(67)102)103(101-100-82)33-37-122-41-45-126-49-47-123-42-38-119-34-27-75(108)93-32-50-131(116,117)118/h7-10,13-15,17-19,21-22,26,29,51,59,66,68-69,71,73,79-81,105H,6,11-12,16,20,23-25,27-28,30-50,52-58H2,1-5H3,(H,92,107)(H,93,108)(H,95,115)(H,96,110)(H,97,112)(H,98,113)(H,99,109)(H3,91,94,114)(H,116,117,118)/t66-,68-,69-,71-,73+,79-,80+,81-,88-,89-,90+/m0/s1. The molecule has 3 aromatic carbocycles. The Hall–Kier alpha value is -10.1. The molecule has 0 radical (unpaired) electrons. The lowest BCUT2D eigenvalue weighted by Gasteiger charge is -2.59. The number of nitrogens with two attached hydrogens (primary N) is 1. The van der Waals surface area contributed by atoms with Crippen molar-refractivity contribution in [2.24, 2.45) is 40.2 Å². The molecule has 41 heteroatoms. The van der Waals surface area contributed by atoms with E-state index in [0.717, 1.165) is 35.1 Å². The number of carbonyl (C=O) groups excluding carboxylic acids is 11. The van der Waals surface area contributed by atoms with E-state index in [1.807, 2.05) is 68.5 Å². The maximum absolute atomic E-state index is 14.6. The van der Waals surface area contributed by atoms with Gasteiger partial charge < -0.3 is 115 Å². The fourth-order valence-corrected chi connectivity index (χ4v) is 18.2. The van der Waals surface area contributed by atoms with Crippen LogP contribution in [0.25, 0.3) is 22.5 Å². The number of hydrogen-bond donors (Lipinski definition) is 11. The van der Waals surface area contributed by atoms with Crippen molar-refractivity contribution < 1.29 is 128 Å². The number of carbonyl (C=O) groups is 11. The number of aromatic nitrogens is 3. The summed E-state index contributed by atoms with van der Waals surface area (Å²) in [5, 5.41) is 42.1. The normalized spacial score (nSPS) is 21.5. The Labute approximate surface area is 762 Å². The van der Waals surface area contributed by atoms with Crippen molar-refractivity contribution in [3.63, 3.8) is 0 Å². The van der Waals surface area contributed by atoms with E-state index in [1.165, 1.54) is 0 Å². The molecule has 6 aliphatic rings. The molecule has 4 aromatic rings. The van der Waals surface area contributed by atoms with E-state index in [0.29, 0.717) is 80.6 Å². The van der Waals surface area contributed by atoms with Gasteiger partial charge in [0.05, 0.1) is 148 Å². The summed E-state index contributed by atoms with van der Waals surface area (Å²) in [7, 11) is -4.15. The Bertz CT molecular complexity index is 4690. The molecular weight excluding hydrogens is 1730 g/mol. The summed E-state index contributed by atoms with van der Waals surface area (Å²) in [6, 6.07) is 18.5. The minimum Gasteiger partial charge on any atom is -0.445 e. The number of para-hydroxylation sites is 1. The van der Waals surface area contributed by atoms with Crippen LogP contribution in [-0.2, 0) is 130 Å². The highest BCUT2D eigenvalue weighted by molar-refractivity contribution is 7.85. The largest absolute Gasteiger partial charge is 0.445 e. The lowest BCUT2D eigenvalue weighted by atomic mass is 9.46. The van der Waals surface area contributed by atoms with Crippen LogP contribution in [0, 0.1) is 34.5 Å². The molecule has 4 aliphatic carbocycles. The number of aliphatic hydroxyl groups is 1. The first-order chi connectivity index (χ1) is 63.0. The van der Waals surface area contributed by atoms with Crippen molar-refractivity contribution in [3.8, 4) is 22.5 Å². The summed E-state index contributed by atoms with van der Waals surface area (Å²) < 4.78 is 101. The van der Waals surface area contributed by atoms with Gasteiger partial charge in [-0.3, -0.25) is 47.7 Å². The number of primary amides is 1. The second kappa shape index (κ2) is 51.2. The molecule has 40 nitrogen and oxygen atoms in total. The molecule has 3 saturated carbocycles. The molecule has 0 bridgehead atoms. The second-order valence-electron chi connectivity index (χ2n) is 33.6. The van der Waals surface area contributed by atoms with Gasteiger partial charge in [0.2, 0.25) is 41.4 Å². The summed E-state index contributed by atoms with van der Waals surface area (Å²) in [5.41, 5.74) is 8.84. The first-order valence-corrected chi connectivity index (χ1v) is 46.4. The quantitative estimate of drug-likeness (QED) is 0.0169. The zero-order valence-corrected chi connectivity index (χ0v) is 75.9. The van der Waals surface area contributed by atoms with Crippen LogP contribution in [0.3, 0.4) is 0 Å². The molecule has 1 saturated heterocycles. The van der Waals surface area contributed by atoms with Gasteiger partial charge in [0, 0.05) is 78.9 Å². The predicted molar refractivity (Wildman–Crippen MR) is 473 cm³/mol. The third-order valence-corrected chi connectivity index (χ3v) is 24.9. The SMILES string of the molecule is CCC[C@H]1O[C@@H]2C[C@H]3[C@@H]4CCC5=CC(=O)C=C[C@]5(C)[C@H]4[C@@H](O)C[C@]3(C)[C@]2(C(=O)COCNC(=O)CNC(=O)OCc2ccc(NC(=O)[C@H](CCCNC(N)=O)NC(=O)[C@@H](NC(=O)CCOCCOCCOCCOCCNC(=O)CCC(=O)N3Cc4ccccc4-c4nnn(CCOCCOCCOCCOCCC(=O)NCCS(=O)(=O)O)c4-c4ccccc43)C(C)C)cc2)O1. The van der Waals surface area contributed by atoms with E-state index >= 15 is 0 Å². The molecule has 10 amide bonds. The van der Waals surface area contributed by atoms with Crippen LogP contribution >= 0.6 is 0 Å². The van der Waals surface area contributed by atoms with Crippen molar-refractivity contribution in [1.82, 2.24) is 52.2 Å². The fraction of sp³-hybridized carbons (Fsp3) is 0.611. The van der Waals surface area contributed by atoms with Crippen LogP contribution < -0.4 is 53.2 Å². The van der Waals surface area contributed by atoms with E-state index in [2.05, 4.69) is 59.8 Å². The van der Waals surface area contributed by atoms with Gasteiger partial charge in [0.1, 0.15) is 44.3 Å². The van der Waals surface area contributed by atoms with E-state index in [4.69, 9.17) is 67.1 Å². The zero-order chi connectivity index (χ0) is 93.9. The summed E-state index contributed by atoms with van der Waals surface area (Å²) in [6.07, 6.45) is 6.12. The van der Waals surface area contributed by atoms with Crippen molar-refractivity contribution in [1.29, 1.82) is 0 Å². The van der Waals surface area contributed by atoms with Crippen molar-refractivity contribution in [3.05, 3.63) is 108 Å². The molecule has 0 unspecified atom stereocenters. The molecule has 2 aliphatic heterocycles. The van der Waals surface area contributed by atoms with Crippen LogP contribution in [0.4, 0.5) is 21.0 Å². The molecule has 11 atom stereocenters. The highest BCUT2D eigenvalue weighted by Crippen LogP contribution is 2.70. The van der Waals surface area contributed by atoms with Gasteiger partial charge in [-0.1, -0.05) is 112 Å². The average Bonchev–Trinajstić information content (AvgIpc) is 1.51. The minimum absolute atomic E-state index is 0.0190. The van der Waals surface area contributed by atoms with Gasteiger partial charge in [-0.2, -0.15) is 8.42 Å². The fourth-order valence-electron chi connectivity index (χ4n) is 17.9. The lowest BCUT2D eigenvalue weighted by molar-refractivity contribution is -0.201. The number of ketones is 2. The molecule has 12 N–H and O–H groups in total. The Morgan fingerprint density at radius 3 is 1.97 bits per heavy atom. The maximum atomic E-state index is 14.6. The molecule has 4 fully saturated rings.